The standard InChI is InChI=1S/C20H24N4O/c1-3-16-17-20(25)22-18(14-10-5-4-6-11-14)23-24(17)19(21-16)15-12-8-7-9-13(15)2/h4-6,10-11,13,15H,3,7-9,12H2,1-2H3,(H,22,23,25). The second-order valence-corrected chi connectivity index (χ2v) is 7.07. The lowest BCUT2D eigenvalue weighted by Crippen LogP contribution is -2.20. The Hall–Kier alpha value is -2.43. The van der Waals surface area contributed by atoms with Crippen molar-refractivity contribution in [1.82, 2.24) is 19.6 Å². The average molecular weight is 336 g/mol. The molecule has 25 heavy (non-hydrogen) atoms. The van der Waals surface area contributed by atoms with E-state index in [0.717, 1.165) is 29.9 Å². The van der Waals surface area contributed by atoms with Crippen LogP contribution in [0.5, 0.6) is 0 Å². The van der Waals surface area contributed by atoms with Crippen molar-refractivity contribution in [3.8, 4) is 11.4 Å². The van der Waals surface area contributed by atoms with Gasteiger partial charge in [0.05, 0.1) is 5.69 Å². The predicted molar refractivity (Wildman–Crippen MR) is 98.8 cm³/mol. The van der Waals surface area contributed by atoms with Crippen LogP contribution in [0.3, 0.4) is 0 Å². The molecule has 1 aliphatic carbocycles. The highest BCUT2D eigenvalue weighted by molar-refractivity contribution is 5.58. The van der Waals surface area contributed by atoms with Gasteiger partial charge in [0.25, 0.3) is 5.56 Å². The zero-order chi connectivity index (χ0) is 17.4. The highest BCUT2D eigenvalue weighted by atomic mass is 16.1. The van der Waals surface area contributed by atoms with Crippen molar-refractivity contribution in [3.63, 3.8) is 0 Å². The minimum Gasteiger partial charge on any atom is -0.303 e. The third-order valence-electron chi connectivity index (χ3n) is 5.42. The summed E-state index contributed by atoms with van der Waals surface area (Å²) in [4.78, 5) is 20.6. The number of aryl methyl sites for hydroxylation is 1. The van der Waals surface area contributed by atoms with Crippen molar-refractivity contribution < 1.29 is 0 Å². The summed E-state index contributed by atoms with van der Waals surface area (Å²) < 4.78 is 1.83. The molecule has 0 bridgehead atoms. The van der Waals surface area contributed by atoms with Gasteiger partial charge in [-0.05, 0) is 18.8 Å². The molecule has 0 saturated heterocycles. The van der Waals surface area contributed by atoms with E-state index in [1.807, 2.05) is 41.8 Å². The monoisotopic (exact) mass is 336 g/mol. The number of hydrogen-bond donors (Lipinski definition) is 1. The highest BCUT2D eigenvalue weighted by Gasteiger charge is 2.29. The van der Waals surface area contributed by atoms with Gasteiger partial charge in [0.2, 0.25) is 0 Å². The molecule has 5 nitrogen and oxygen atoms in total. The number of hydrogen-bond acceptors (Lipinski definition) is 3. The number of fused-ring (bicyclic) bond motifs is 1. The second-order valence-electron chi connectivity index (χ2n) is 7.07. The van der Waals surface area contributed by atoms with Gasteiger partial charge in [0.15, 0.2) is 11.3 Å². The SMILES string of the molecule is CCc1nc(C2CCCCC2C)n2nc(-c3ccccc3)[nH]c(=O)c12. The van der Waals surface area contributed by atoms with Gasteiger partial charge in [-0.2, -0.15) is 0 Å². The fourth-order valence-corrected chi connectivity index (χ4v) is 4.01. The zero-order valence-corrected chi connectivity index (χ0v) is 14.8. The molecule has 2 aromatic heterocycles. The van der Waals surface area contributed by atoms with Crippen LogP contribution in [-0.2, 0) is 6.42 Å². The lowest BCUT2D eigenvalue weighted by Gasteiger charge is -2.27. The smallest absolute Gasteiger partial charge is 0.277 e. The predicted octanol–water partition coefficient (Wildman–Crippen LogP) is 3.94. The van der Waals surface area contributed by atoms with Crippen molar-refractivity contribution in [3.05, 3.63) is 52.2 Å². The summed E-state index contributed by atoms with van der Waals surface area (Å²) in [6, 6.07) is 9.79. The van der Waals surface area contributed by atoms with Crippen LogP contribution >= 0.6 is 0 Å². The number of imidazole rings is 1. The van der Waals surface area contributed by atoms with Gasteiger partial charge < -0.3 is 4.98 Å². The number of aromatic amines is 1. The summed E-state index contributed by atoms with van der Waals surface area (Å²) in [5.41, 5.74) is 2.26. The van der Waals surface area contributed by atoms with Gasteiger partial charge in [-0.15, -0.1) is 5.10 Å². The quantitative estimate of drug-likeness (QED) is 0.788. The molecule has 0 spiro atoms. The van der Waals surface area contributed by atoms with Crippen LogP contribution in [0.1, 0.15) is 57.0 Å². The molecule has 1 saturated carbocycles. The Balaban J connectivity index is 1.94. The number of rotatable bonds is 3. The maximum atomic E-state index is 12.8. The van der Waals surface area contributed by atoms with Crippen LogP contribution in [0.25, 0.3) is 16.9 Å². The van der Waals surface area contributed by atoms with Crippen molar-refractivity contribution in [2.24, 2.45) is 5.92 Å². The molecule has 4 rings (SSSR count). The molecule has 1 aliphatic rings. The van der Waals surface area contributed by atoms with E-state index in [-0.39, 0.29) is 5.56 Å². The maximum absolute atomic E-state index is 12.8. The van der Waals surface area contributed by atoms with Crippen LogP contribution in [-0.4, -0.2) is 19.6 Å². The van der Waals surface area contributed by atoms with Crippen LogP contribution in [0.15, 0.2) is 35.1 Å². The average Bonchev–Trinajstić information content (AvgIpc) is 3.02. The Morgan fingerprint density at radius 1 is 1.20 bits per heavy atom. The van der Waals surface area contributed by atoms with Gasteiger partial charge in [-0.1, -0.05) is 63.4 Å². The van der Waals surface area contributed by atoms with Crippen molar-refractivity contribution in [2.45, 2.75) is 51.9 Å². The second kappa shape index (κ2) is 6.47. The van der Waals surface area contributed by atoms with E-state index in [2.05, 4.69) is 11.9 Å². The van der Waals surface area contributed by atoms with Gasteiger partial charge >= 0.3 is 0 Å². The molecule has 0 aliphatic heterocycles. The summed E-state index contributed by atoms with van der Waals surface area (Å²) in [6.07, 6.45) is 5.58. The summed E-state index contributed by atoms with van der Waals surface area (Å²) in [5, 5.41) is 4.78. The van der Waals surface area contributed by atoms with Crippen LogP contribution < -0.4 is 5.56 Å². The van der Waals surface area contributed by atoms with Crippen LogP contribution in [0, 0.1) is 5.92 Å². The minimum absolute atomic E-state index is 0.104. The molecule has 5 heteroatoms. The Kier molecular flexibility index (Phi) is 4.15. The molecule has 2 unspecified atom stereocenters. The topological polar surface area (TPSA) is 63.1 Å². The molecular weight excluding hydrogens is 312 g/mol. The third kappa shape index (κ3) is 2.77. The fraction of sp³-hybridized carbons (Fsp3) is 0.450. The Morgan fingerprint density at radius 3 is 2.68 bits per heavy atom. The first kappa shape index (κ1) is 16.1. The summed E-state index contributed by atoms with van der Waals surface area (Å²) in [7, 11) is 0. The number of benzene rings is 1. The highest BCUT2D eigenvalue weighted by Crippen LogP contribution is 2.37. The van der Waals surface area contributed by atoms with Gasteiger partial charge in [0.1, 0.15) is 5.82 Å². The van der Waals surface area contributed by atoms with Gasteiger partial charge in [0, 0.05) is 11.5 Å². The molecule has 0 radical (unpaired) electrons. The molecule has 2 atom stereocenters. The first-order valence-electron chi connectivity index (χ1n) is 9.26. The molecule has 2 heterocycles. The first-order valence-corrected chi connectivity index (χ1v) is 9.26. The largest absolute Gasteiger partial charge is 0.303 e. The van der Waals surface area contributed by atoms with Crippen molar-refractivity contribution in [2.75, 3.05) is 0 Å². The van der Waals surface area contributed by atoms with E-state index in [1.54, 1.807) is 0 Å². The number of nitrogens with zero attached hydrogens (tertiary/aromatic N) is 3. The molecule has 1 fully saturated rings. The summed E-state index contributed by atoms with van der Waals surface area (Å²) >= 11 is 0. The van der Waals surface area contributed by atoms with E-state index >= 15 is 0 Å². The van der Waals surface area contributed by atoms with E-state index in [4.69, 9.17) is 10.1 Å². The lowest BCUT2D eigenvalue weighted by atomic mass is 9.80. The molecule has 130 valence electrons. The van der Waals surface area contributed by atoms with Crippen molar-refractivity contribution in [1.29, 1.82) is 0 Å². The molecule has 3 aromatic rings. The Morgan fingerprint density at radius 2 is 1.96 bits per heavy atom. The lowest BCUT2D eigenvalue weighted by molar-refractivity contribution is 0.316. The maximum Gasteiger partial charge on any atom is 0.277 e. The van der Waals surface area contributed by atoms with Gasteiger partial charge in [-0.25, -0.2) is 9.50 Å². The zero-order valence-electron chi connectivity index (χ0n) is 14.8. The van der Waals surface area contributed by atoms with Crippen molar-refractivity contribution >= 4 is 5.52 Å². The minimum atomic E-state index is -0.104. The Bertz CT molecular complexity index is 941. The number of nitrogens with one attached hydrogen (secondary N) is 1. The van der Waals surface area contributed by atoms with E-state index in [0.29, 0.717) is 23.2 Å². The molecule has 1 N–H and O–H groups in total. The molecular formula is C20H24N4O. The van der Waals surface area contributed by atoms with Crippen LogP contribution in [0.2, 0.25) is 0 Å². The molecule has 0 amide bonds. The van der Waals surface area contributed by atoms with Crippen LogP contribution in [0.4, 0.5) is 0 Å². The van der Waals surface area contributed by atoms with E-state index in [1.165, 1.54) is 19.3 Å². The first-order chi connectivity index (χ1) is 12.2. The normalized spacial score (nSPS) is 20.9. The van der Waals surface area contributed by atoms with E-state index in [9.17, 15) is 4.79 Å². The number of H-pyrrole nitrogens is 1. The Labute approximate surface area is 147 Å². The molecule has 1 aromatic carbocycles. The van der Waals surface area contributed by atoms with E-state index < -0.39 is 0 Å². The summed E-state index contributed by atoms with van der Waals surface area (Å²) in [5.74, 6) is 2.51. The number of aromatic nitrogens is 4. The van der Waals surface area contributed by atoms with Gasteiger partial charge in [-0.3, -0.25) is 4.79 Å². The fourth-order valence-electron chi connectivity index (χ4n) is 4.01. The third-order valence-corrected chi connectivity index (χ3v) is 5.42. The summed E-state index contributed by atoms with van der Waals surface area (Å²) in [6.45, 7) is 4.34.